The normalized spacial score (nSPS) is 17.7. The minimum absolute atomic E-state index is 0.0900. The number of ketones is 1. The zero-order chi connectivity index (χ0) is 23.0. The summed E-state index contributed by atoms with van der Waals surface area (Å²) in [5.74, 6) is -1.51. The Morgan fingerprint density at radius 1 is 1.09 bits per heavy atom. The Morgan fingerprint density at radius 2 is 1.94 bits per heavy atom. The molecule has 1 aliphatic carbocycles. The highest BCUT2D eigenvalue weighted by molar-refractivity contribution is 5.98. The first-order valence-electron chi connectivity index (χ1n) is 11.0. The van der Waals surface area contributed by atoms with E-state index in [2.05, 4.69) is 15.4 Å². The van der Waals surface area contributed by atoms with E-state index in [1.54, 1.807) is 18.5 Å². The molecule has 2 heterocycles. The number of ether oxygens (including phenoxy) is 2. The van der Waals surface area contributed by atoms with Crippen molar-refractivity contribution in [2.75, 3.05) is 13.2 Å². The predicted octanol–water partition coefficient (Wildman–Crippen LogP) is 2.35. The van der Waals surface area contributed by atoms with E-state index < -0.39 is 11.9 Å². The van der Waals surface area contributed by atoms with Crippen LogP contribution in [0.15, 0.2) is 55.0 Å². The molecule has 0 spiro atoms. The number of Topliss-reactive ketones (excluding diaryl/α,β-unsaturated/α-hetero) is 1. The third-order valence-electron chi connectivity index (χ3n) is 5.68. The highest BCUT2D eigenvalue weighted by Crippen LogP contribution is 2.28. The number of amides is 1. The molecule has 2 aromatic heterocycles. The monoisotopic (exact) mass is 450 g/mol. The van der Waals surface area contributed by atoms with Gasteiger partial charge in [-0.1, -0.05) is 36.8 Å². The highest BCUT2D eigenvalue weighted by Gasteiger charge is 2.35. The van der Waals surface area contributed by atoms with E-state index in [-0.39, 0.29) is 37.4 Å². The van der Waals surface area contributed by atoms with E-state index in [0.29, 0.717) is 30.7 Å². The van der Waals surface area contributed by atoms with Gasteiger partial charge in [0, 0.05) is 30.4 Å². The topological polar surface area (TPSA) is 112 Å². The van der Waals surface area contributed by atoms with E-state index in [0.717, 1.165) is 12.0 Å². The minimum Gasteiger partial charge on any atom is -0.463 e. The molecule has 4 rings (SSSR count). The van der Waals surface area contributed by atoms with Crippen molar-refractivity contribution in [3.8, 4) is 0 Å². The first-order chi connectivity index (χ1) is 16.1. The molecule has 9 nitrogen and oxygen atoms in total. The summed E-state index contributed by atoms with van der Waals surface area (Å²) in [6, 6.07) is 11.1. The Morgan fingerprint density at radius 3 is 2.79 bits per heavy atom. The number of aromatic nitrogens is 3. The quantitative estimate of drug-likeness (QED) is 0.287. The highest BCUT2D eigenvalue weighted by atomic mass is 16.6. The summed E-state index contributed by atoms with van der Waals surface area (Å²) >= 11 is 0. The summed E-state index contributed by atoms with van der Waals surface area (Å²) in [6.07, 6.45) is 6.49. The Bertz CT molecular complexity index is 1110. The number of nitrogens with one attached hydrogen (secondary N) is 1. The van der Waals surface area contributed by atoms with Crippen LogP contribution in [0.4, 0.5) is 0 Å². The molecule has 1 N–H and O–H groups in total. The van der Waals surface area contributed by atoms with Crippen molar-refractivity contribution in [2.24, 2.45) is 5.92 Å². The van der Waals surface area contributed by atoms with Crippen molar-refractivity contribution in [3.05, 3.63) is 66.1 Å². The third kappa shape index (κ3) is 6.01. The zero-order valence-corrected chi connectivity index (χ0v) is 18.2. The number of hydrogen-bond acceptors (Lipinski definition) is 7. The zero-order valence-electron chi connectivity index (χ0n) is 18.2. The third-order valence-corrected chi connectivity index (χ3v) is 5.68. The first-order valence-corrected chi connectivity index (χ1v) is 11.0. The summed E-state index contributed by atoms with van der Waals surface area (Å²) in [6.45, 7) is 0.780. The van der Waals surface area contributed by atoms with Gasteiger partial charge in [0.15, 0.2) is 5.65 Å². The summed E-state index contributed by atoms with van der Waals surface area (Å²) in [7, 11) is 0. The van der Waals surface area contributed by atoms with Crippen LogP contribution in [0.1, 0.15) is 41.6 Å². The molecular formula is C24H26N4O5. The van der Waals surface area contributed by atoms with Gasteiger partial charge in [-0.25, -0.2) is 9.50 Å². The molecule has 2 atom stereocenters. The maximum absolute atomic E-state index is 12.7. The van der Waals surface area contributed by atoms with Gasteiger partial charge >= 0.3 is 5.97 Å². The lowest BCUT2D eigenvalue weighted by atomic mass is 9.96. The van der Waals surface area contributed by atoms with Crippen LogP contribution in [0.5, 0.6) is 0 Å². The number of esters is 1. The van der Waals surface area contributed by atoms with Crippen molar-refractivity contribution < 1.29 is 23.9 Å². The molecule has 0 bridgehead atoms. The first kappa shape index (κ1) is 22.6. The Kier molecular flexibility index (Phi) is 7.41. The Labute approximate surface area is 191 Å². The van der Waals surface area contributed by atoms with Gasteiger partial charge in [0.05, 0.1) is 25.0 Å². The van der Waals surface area contributed by atoms with Crippen molar-refractivity contribution in [1.29, 1.82) is 0 Å². The van der Waals surface area contributed by atoms with Gasteiger partial charge in [0.25, 0.3) is 5.91 Å². The number of rotatable bonds is 10. The van der Waals surface area contributed by atoms with E-state index in [1.807, 2.05) is 30.3 Å². The van der Waals surface area contributed by atoms with Gasteiger partial charge in [0.1, 0.15) is 18.8 Å². The van der Waals surface area contributed by atoms with Gasteiger partial charge in [-0.15, -0.1) is 0 Å². The second-order valence-electron chi connectivity index (χ2n) is 8.00. The fourth-order valence-corrected chi connectivity index (χ4v) is 4.00. The number of nitrogens with zero attached hydrogens (tertiary/aromatic N) is 3. The second-order valence-corrected chi connectivity index (χ2v) is 8.00. The minimum atomic E-state index is -0.575. The molecule has 33 heavy (non-hydrogen) atoms. The van der Waals surface area contributed by atoms with Crippen LogP contribution in [0.2, 0.25) is 0 Å². The smallest absolute Gasteiger partial charge is 0.313 e. The molecule has 1 aliphatic rings. The van der Waals surface area contributed by atoms with E-state index in [9.17, 15) is 14.4 Å². The molecule has 0 radical (unpaired) electrons. The molecule has 3 aromatic rings. The Balaban J connectivity index is 1.20. The lowest BCUT2D eigenvalue weighted by Gasteiger charge is -2.20. The predicted molar refractivity (Wildman–Crippen MR) is 118 cm³/mol. The molecule has 0 saturated heterocycles. The molecular weight excluding hydrogens is 424 g/mol. The largest absolute Gasteiger partial charge is 0.463 e. The van der Waals surface area contributed by atoms with Crippen LogP contribution < -0.4 is 5.32 Å². The fraction of sp³-hybridized carbons (Fsp3) is 0.375. The number of carbonyl (C=O) groups is 3. The Hall–Kier alpha value is -3.59. The summed E-state index contributed by atoms with van der Waals surface area (Å²) in [4.78, 5) is 41.6. The van der Waals surface area contributed by atoms with E-state index >= 15 is 0 Å². The summed E-state index contributed by atoms with van der Waals surface area (Å²) in [5.41, 5.74) is 2.04. The van der Waals surface area contributed by atoms with Crippen LogP contribution >= 0.6 is 0 Å². The maximum Gasteiger partial charge on any atom is 0.313 e. The van der Waals surface area contributed by atoms with Crippen molar-refractivity contribution in [1.82, 2.24) is 19.9 Å². The van der Waals surface area contributed by atoms with Crippen LogP contribution in [-0.4, -0.2) is 51.5 Å². The van der Waals surface area contributed by atoms with Gasteiger partial charge in [-0.3, -0.25) is 14.4 Å². The average molecular weight is 450 g/mol. The van der Waals surface area contributed by atoms with Gasteiger partial charge in [0.2, 0.25) is 0 Å². The lowest BCUT2D eigenvalue weighted by Crippen LogP contribution is -2.40. The van der Waals surface area contributed by atoms with Crippen LogP contribution in [0.25, 0.3) is 5.65 Å². The fourth-order valence-electron chi connectivity index (χ4n) is 4.00. The molecule has 0 aliphatic heterocycles. The summed E-state index contributed by atoms with van der Waals surface area (Å²) < 4.78 is 12.1. The lowest BCUT2D eigenvalue weighted by molar-refractivity contribution is -0.148. The molecule has 1 fully saturated rings. The molecule has 1 amide bonds. The second kappa shape index (κ2) is 10.8. The number of carbonyl (C=O) groups excluding carboxylic acids is 3. The SMILES string of the molecule is O=C(CC(=O)C1CCCC1NC(=O)c1cnc2ccnn2c1)OCCOCc1ccccc1. The molecule has 1 saturated carbocycles. The molecule has 2 unspecified atom stereocenters. The van der Waals surface area contributed by atoms with Gasteiger partial charge in [-0.05, 0) is 18.4 Å². The van der Waals surface area contributed by atoms with Crippen LogP contribution in [0.3, 0.4) is 0 Å². The number of hydrogen-bond donors (Lipinski definition) is 1. The summed E-state index contributed by atoms with van der Waals surface area (Å²) in [5, 5.41) is 7.00. The standard InChI is InChI=1S/C24H26N4O5/c29-21(13-23(30)33-12-11-32-16-17-5-2-1-3-6-17)19-7-4-8-20(19)27-24(31)18-14-25-22-9-10-26-28(22)15-18/h1-3,5-6,9-10,14-15,19-20H,4,7-8,11-13,16H2,(H,27,31). The molecule has 172 valence electrons. The average Bonchev–Trinajstić information content (AvgIpc) is 3.48. The molecule has 9 heteroatoms. The number of fused-ring (bicyclic) bond motifs is 1. The van der Waals surface area contributed by atoms with Crippen LogP contribution in [-0.2, 0) is 25.7 Å². The van der Waals surface area contributed by atoms with E-state index in [1.165, 1.54) is 10.7 Å². The van der Waals surface area contributed by atoms with Crippen molar-refractivity contribution in [2.45, 2.75) is 38.3 Å². The van der Waals surface area contributed by atoms with Crippen LogP contribution in [0, 0.1) is 5.92 Å². The van der Waals surface area contributed by atoms with Crippen molar-refractivity contribution >= 4 is 23.3 Å². The maximum atomic E-state index is 12.7. The number of benzene rings is 1. The molecule has 1 aromatic carbocycles. The van der Waals surface area contributed by atoms with E-state index in [4.69, 9.17) is 9.47 Å². The van der Waals surface area contributed by atoms with Crippen molar-refractivity contribution in [3.63, 3.8) is 0 Å². The van der Waals surface area contributed by atoms with Gasteiger partial charge in [-0.2, -0.15) is 5.10 Å². The van der Waals surface area contributed by atoms with Gasteiger partial charge < -0.3 is 14.8 Å².